The van der Waals surface area contributed by atoms with Gasteiger partial charge >= 0.3 is 5.97 Å². The molecule has 0 saturated heterocycles. The summed E-state index contributed by atoms with van der Waals surface area (Å²) in [5.74, 6) is 3.32. The van der Waals surface area contributed by atoms with E-state index in [0.717, 1.165) is 4.90 Å². The Kier molecular flexibility index (Phi) is 7.34. The zero-order chi connectivity index (χ0) is 24.0. The summed E-state index contributed by atoms with van der Waals surface area (Å²) in [7, 11) is 0. The van der Waals surface area contributed by atoms with Crippen molar-refractivity contribution in [2.45, 2.75) is 19.4 Å². The van der Waals surface area contributed by atoms with Gasteiger partial charge in [-0.25, -0.2) is 9.69 Å². The molecule has 0 fully saturated rings. The first-order chi connectivity index (χ1) is 15.9. The van der Waals surface area contributed by atoms with E-state index in [-0.39, 0.29) is 47.9 Å². The van der Waals surface area contributed by atoms with E-state index in [1.165, 1.54) is 36.4 Å². The maximum atomic E-state index is 13.1. The lowest BCUT2D eigenvalue weighted by molar-refractivity contribution is 0.0250. The summed E-state index contributed by atoms with van der Waals surface area (Å²) < 4.78 is 15.9. The SMILES string of the molecule is C#CCOc1ccc(N2C(=O)c3ccc(C(=O)OCC(O)CC)cc3C2=O)cc1OCC#C. The number of amides is 2. The average Bonchev–Trinajstić information content (AvgIpc) is 3.09. The molecule has 0 spiro atoms. The number of fused-ring (bicyclic) bond motifs is 1. The second-order valence-corrected chi connectivity index (χ2v) is 6.98. The van der Waals surface area contributed by atoms with Gasteiger partial charge < -0.3 is 19.3 Å². The van der Waals surface area contributed by atoms with Crippen LogP contribution in [-0.4, -0.2) is 48.8 Å². The molecule has 1 N–H and O–H groups in total. The summed E-state index contributed by atoms with van der Waals surface area (Å²) in [4.78, 5) is 39.2. The third kappa shape index (κ3) is 4.98. The predicted molar refractivity (Wildman–Crippen MR) is 119 cm³/mol. The number of carbonyl (C=O) groups excluding carboxylic acids is 3. The molecule has 33 heavy (non-hydrogen) atoms. The van der Waals surface area contributed by atoms with Crippen LogP contribution >= 0.6 is 0 Å². The van der Waals surface area contributed by atoms with Crippen molar-refractivity contribution in [2.24, 2.45) is 0 Å². The molecular weight excluding hydrogens is 426 g/mol. The number of aliphatic hydroxyl groups excluding tert-OH is 1. The number of anilines is 1. The van der Waals surface area contributed by atoms with E-state index in [1.807, 2.05) is 0 Å². The molecule has 0 saturated carbocycles. The molecule has 3 rings (SSSR count). The largest absolute Gasteiger partial charge is 0.477 e. The van der Waals surface area contributed by atoms with Crippen LogP contribution < -0.4 is 14.4 Å². The number of benzene rings is 2. The molecule has 1 aliphatic heterocycles. The second-order valence-electron chi connectivity index (χ2n) is 6.98. The number of aliphatic hydroxyl groups is 1. The fourth-order valence-electron chi connectivity index (χ4n) is 3.08. The summed E-state index contributed by atoms with van der Waals surface area (Å²) in [6.07, 6.45) is 10.1. The van der Waals surface area contributed by atoms with Crippen molar-refractivity contribution in [1.29, 1.82) is 0 Å². The van der Waals surface area contributed by atoms with Crippen LogP contribution in [0.1, 0.15) is 44.4 Å². The Balaban J connectivity index is 1.88. The van der Waals surface area contributed by atoms with E-state index < -0.39 is 23.9 Å². The van der Waals surface area contributed by atoms with Gasteiger partial charge in [-0.3, -0.25) is 9.59 Å². The van der Waals surface area contributed by atoms with Crippen molar-refractivity contribution in [3.05, 3.63) is 53.1 Å². The molecule has 168 valence electrons. The van der Waals surface area contributed by atoms with E-state index in [1.54, 1.807) is 6.92 Å². The number of terminal acetylenes is 2. The van der Waals surface area contributed by atoms with Gasteiger partial charge in [0, 0.05) is 6.07 Å². The summed E-state index contributed by atoms with van der Waals surface area (Å²) >= 11 is 0. The second kappa shape index (κ2) is 10.4. The fraction of sp³-hybridized carbons (Fsp3) is 0.240. The minimum Gasteiger partial charge on any atom is -0.477 e. The highest BCUT2D eigenvalue weighted by molar-refractivity contribution is 6.34. The molecule has 1 unspecified atom stereocenters. The monoisotopic (exact) mass is 447 g/mol. The van der Waals surface area contributed by atoms with Crippen LogP contribution in [0.2, 0.25) is 0 Å². The Bertz CT molecular complexity index is 1170. The van der Waals surface area contributed by atoms with Crippen LogP contribution in [0, 0.1) is 24.7 Å². The number of ether oxygens (including phenoxy) is 3. The van der Waals surface area contributed by atoms with Crippen molar-refractivity contribution in [2.75, 3.05) is 24.7 Å². The number of nitrogens with zero attached hydrogens (tertiary/aromatic N) is 1. The Hall–Kier alpha value is -4.27. The lowest BCUT2D eigenvalue weighted by Crippen LogP contribution is -2.29. The highest BCUT2D eigenvalue weighted by atomic mass is 16.5. The normalized spacial score (nSPS) is 13.0. The maximum Gasteiger partial charge on any atom is 0.338 e. The quantitative estimate of drug-likeness (QED) is 0.358. The van der Waals surface area contributed by atoms with Gasteiger partial charge in [-0.1, -0.05) is 18.8 Å². The molecular formula is C25H21NO7. The Morgan fingerprint density at radius 2 is 1.67 bits per heavy atom. The molecule has 0 aliphatic carbocycles. The Morgan fingerprint density at radius 3 is 2.33 bits per heavy atom. The summed E-state index contributed by atoms with van der Waals surface area (Å²) in [6, 6.07) is 8.57. The van der Waals surface area contributed by atoms with Crippen LogP contribution in [0.15, 0.2) is 36.4 Å². The van der Waals surface area contributed by atoms with Gasteiger partial charge in [0.15, 0.2) is 11.5 Å². The van der Waals surface area contributed by atoms with E-state index in [2.05, 4.69) is 11.8 Å². The van der Waals surface area contributed by atoms with Gasteiger partial charge in [-0.05, 0) is 36.8 Å². The summed E-state index contributed by atoms with van der Waals surface area (Å²) in [5, 5.41) is 9.57. The highest BCUT2D eigenvalue weighted by Gasteiger charge is 2.37. The van der Waals surface area contributed by atoms with Crippen LogP contribution in [0.3, 0.4) is 0 Å². The summed E-state index contributed by atoms with van der Waals surface area (Å²) in [6.45, 7) is 1.52. The van der Waals surface area contributed by atoms with Gasteiger partial charge in [0.05, 0.1) is 28.5 Å². The first kappa shape index (κ1) is 23.4. The lowest BCUT2D eigenvalue weighted by Gasteiger charge is -2.17. The number of rotatable bonds is 9. The first-order valence-corrected chi connectivity index (χ1v) is 10.1. The van der Waals surface area contributed by atoms with Gasteiger partial charge in [0.2, 0.25) is 0 Å². The number of esters is 1. The zero-order valence-electron chi connectivity index (χ0n) is 17.9. The molecule has 0 bridgehead atoms. The molecule has 1 aliphatic rings. The minimum absolute atomic E-state index is 0.00701. The van der Waals surface area contributed by atoms with E-state index >= 15 is 0 Å². The third-order valence-electron chi connectivity index (χ3n) is 4.81. The minimum atomic E-state index is -0.777. The molecule has 0 aromatic heterocycles. The van der Waals surface area contributed by atoms with Crippen molar-refractivity contribution in [3.8, 4) is 36.2 Å². The molecule has 8 nitrogen and oxygen atoms in total. The van der Waals surface area contributed by atoms with Crippen molar-refractivity contribution in [1.82, 2.24) is 0 Å². The third-order valence-corrected chi connectivity index (χ3v) is 4.81. The van der Waals surface area contributed by atoms with Gasteiger partial charge in [0.1, 0.15) is 19.8 Å². The van der Waals surface area contributed by atoms with Gasteiger partial charge in [-0.2, -0.15) is 0 Å². The smallest absolute Gasteiger partial charge is 0.338 e. The standard InChI is InChI=1S/C25H21NO7/c1-4-11-31-21-10-8-17(14-22(21)32-12-5-2)26-23(28)19-9-7-16(13-20(19)24(26)29)25(30)33-15-18(27)6-3/h1-2,7-10,13-14,18,27H,6,11-12,15H2,3H3. The first-order valence-electron chi connectivity index (χ1n) is 10.1. The molecule has 2 amide bonds. The molecule has 2 aromatic rings. The van der Waals surface area contributed by atoms with Crippen LogP contribution in [0.25, 0.3) is 0 Å². The molecule has 1 atom stereocenters. The Labute approximate surface area is 191 Å². The summed E-state index contributed by atoms with van der Waals surface area (Å²) in [5.41, 5.74) is 0.528. The van der Waals surface area contributed by atoms with Gasteiger partial charge in [0.25, 0.3) is 11.8 Å². The molecule has 2 aromatic carbocycles. The zero-order valence-corrected chi connectivity index (χ0v) is 17.9. The Morgan fingerprint density at radius 1 is 1.00 bits per heavy atom. The van der Waals surface area contributed by atoms with Crippen LogP contribution in [0.5, 0.6) is 11.5 Å². The number of carbonyl (C=O) groups is 3. The van der Waals surface area contributed by atoms with Crippen molar-refractivity contribution < 1.29 is 33.7 Å². The van der Waals surface area contributed by atoms with Crippen molar-refractivity contribution in [3.63, 3.8) is 0 Å². The maximum absolute atomic E-state index is 13.1. The van der Waals surface area contributed by atoms with Gasteiger partial charge in [-0.15, -0.1) is 12.8 Å². The number of imide groups is 1. The van der Waals surface area contributed by atoms with E-state index in [0.29, 0.717) is 12.2 Å². The highest BCUT2D eigenvalue weighted by Crippen LogP contribution is 2.36. The molecule has 8 heteroatoms. The van der Waals surface area contributed by atoms with Crippen LogP contribution in [-0.2, 0) is 4.74 Å². The van der Waals surface area contributed by atoms with E-state index in [9.17, 15) is 19.5 Å². The topological polar surface area (TPSA) is 102 Å². The number of hydrogen-bond donors (Lipinski definition) is 1. The fourth-order valence-corrected chi connectivity index (χ4v) is 3.08. The number of hydrogen-bond acceptors (Lipinski definition) is 7. The van der Waals surface area contributed by atoms with E-state index in [4.69, 9.17) is 27.1 Å². The predicted octanol–water partition coefficient (Wildman–Crippen LogP) is 2.44. The molecule has 0 radical (unpaired) electrons. The van der Waals surface area contributed by atoms with Crippen LogP contribution in [0.4, 0.5) is 5.69 Å². The lowest BCUT2D eigenvalue weighted by atomic mass is 10.1. The average molecular weight is 447 g/mol. The van der Waals surface area contributed by atoms with Crippen molar-refractivity contribution >= 4 is 23.5 Å². The molecule has 1 heterocycles.